The van der Waals surface area contributed by atoms with E-state index in [-0.39, 0.29) is 17.5 Å². The van der Waals surface area contributed by atoms with Gasteiger partial charge in [-0.15, -0.1) is 0 Å². The molecule has 5 nitrogen and oxygen atoms in total. The molecular weight excluding hydrogens is 337 g/mol. The third-order valence-electron chi connectivity index (χ3n) is 4.39. The van der Waals surface area contributed by atoms with Crippen molar-refractivity contribution in [2.45, 2.75) is 44.8 Å². The van der Waals surface area contributed by atoms with Gasteiger partial charge in [0.05, 0.1) is 5.92 Å². The molecule has 138 valence electrons. The number of rotatable bonds is 5. The monoisotopic (exact) mass is 358 g/mol. The van der Waals surface area contributed by atoms with E-state index in [4.69, 9.17) is 5.11 Å². The van der Waals surface area contributed by atoms with E-state index in [1.165, 1.54) is 12.1 Å². The molecule has 0 heterocycles. The lowest BCUT2D eigenvalue weighted by atomic mass is 9.86. The zero-order valence-electron chi connectivity index (χ0n) is 13.8. The van der Waals surface area contributed by atoms with Crippen molar-refractivity contribution in [1.29, 1.82) is 0 Å². The molecule has 3 N–H and O–H groups in total. The smallest absolute Gasteiger partial charge is 0.405 e. The van der Waals surface area contributed by atoms with Crippen LogP contribution in [0.2, 0.25) is 0 Å². The Balaban J connectivity index is 1.99. The van der Waals surface area contributed by atoms with Gasteiger partial charge in [-0.3, -0.25) is 9.59 Å². The largest absolute Gasteiger partial charge is 0.481 e. The van der Waals surface area contributed by atoms with Crippen LogP contribution in [0.25, 0.3) is 0 Å². The minimum absolute atomic E-state index is 0.0859. The van der Waals surface area contributed by atoms with Gasteiger partial charge in [0.2, 0.25) is 0 Å². The first-order chi connectivity index (χ1) is 11.7. The van der Waals surface area contributed by atoms with Crippen molar-refractivity contribution < 1.29 is 27.9 Å². The molecule has 1 aliphatic carbocycles. The van der Waals surface area contributed by atoms with Crippen LogP contribution in [0.3, 0.4) is 0 Å². The molecule has 0 aromatic heterocycles. The summed E-state index contributed by atoms with van der Waals surface area (Å²) in [7, 11) is 0. The van der Waals surface area contributed by atoms with Gasteiger partial charge < -0.3 is 15.7 Å². The Morgan fingerprint density at radius 3 is 2.40 bits per heavy atom. The Bertz CT molecular complexity index is 639. The van der Waals surface area contributed by atoms with Gasteiger partial charge in [0.25, 0.3) is 5.91 Å². The summed E-state index contributed by atoms with van der Waals surface area (Å²) < 4.78 is 36.6. The highest BCUT2D eigenvalue weighted by molar-refractivity contribution is 5.95. The molecule has 2 rings (SSSR count). The highest BCUT2D eigenvalue weighted by Gasteiger charge is 2.28. The molecule has 0 radical (unpaired) electrons. The third kappa shape index (κ3) is 5.65. The van der Waals surface area contributed by atoms with E-state index < -0.39 is 24.6 Å². The predicted molar refractivity (Wildman–Crippen MR) is 86.6 cm³/mol. The molecule has 25 heavy (non-hydrogen) atoms. The molecule has 1 fully saturated rings. The van der Waals surface area contributed by atoms with Gasteiger partial charge in [0.15, 0.2) is 0 Å². The summed E-state index contributed by atoms with van der Waals surface area (Å²) >= 11 is 0. The molecule has 0 bridgehead atoms. The number of halogens is 3. The van der Waals surface area contributed by atoms with E-state index in [1.807, 2.05) is 12.2 Å². The van der Waals surface area contributed by atoms with Crippen LogP contribution in [0.4, 0.5) is 18.9 Å². The summed E-state index contributed by atoms with van der Waals surface area (Å²) in [5.41, 5.74) is 1.70. The Hall–Kier alpha value is -2.25. The van der Waals surface area contributed by atoms with Gasteiger partial charge in [0, 0.05) is 17.3 Å². The maximum Gasteiger partial charge on any atom is 0.405 e. The standard InChI is InChI=1S/C17H21F3N2O3/c1-10-2-3-12(15(23)21-9-17(18,19)20)8-14(10)22-13-6-4-11(5-7-13)16(24)25/h2-3,8,11,13,22H,4-7,9H2,1H3,(H,21,23)(H,24,25). The molecule has 1 aromatic carbocycles. The number of amides is 1. The number of hydrogen-bond donors (Lipinski definition) is 3. The Kier molecular flexibility index (Phi) is 5.92. The van der Waals surface area contributed by atoms with Crippen LogP contribution in [-0.2, 0) is 4.79 Å². The molecule has 1 aliphatic rings. The van der Waals surface area contributed by atoms with Crippen LogP contribution in [0, 0.1) is 12.8 Å². The molecule has 0 atom stereocenters. The SMILES string of the molecule is Cc1ccc(C(=O)NCC(F)(F)F)cc1NC1CCC(C(=O)O)CC1. The number of alkyl halides is 3. The summed E-state index contributed by atoms with van der Waals surface area (Å²) in [4.78, 5) is 22.8. The van der Waals surface area contributed by atoms with Crippen LogP contribution >= 0.6 is 0 Å². The van der Waals surface area contributed by atoms with Crippen LogP contribution in [0.15, 0.2) is 18.2 Å². The molecule has 1 aromatic rings. The number of carboxylic acids is 1. The van der Waals surface area contributed by atoms with Crippen LogP contribution in [-0.4, -0.2) is 35.7 Å². The molecule has 0 unspecified atom stereocenters. The quantitative estimate of drug-likeness (QED) is 0.754. The van der Waals surface area contributed by atoms with Crippen molar-refractivity contribution in [3.63, 3.8) is 0 Å². The zero-order chi connectivity index (χ0) is 18.6. The first kappa shape index (κ1) is 19.1. The van der Waals surface area contributed by atoms with E-state index in [0.717, 1.165) is 5.56 Å². The number of benzene rings is 1. The van der Waals surface area contributed by atoms with E-state index in [9.17, 15) is 22.8 Å². The van der Waals surface area contributed by atoms with Crippen molar-refractivity contribution in [1.82, 2.24) is 5.32 Å². The Labute approximate surface area is 143 Å². The van der Waals surface area contributed by atoms with Gasteiger partial charge in [-0.2, -0.15) is 13.2 Å². The molecular formula is C17H21F3N2O3. The van der Waals surface area contributed by atoms with Crippen molar-refractivity contribution in [2.75, 3.05) is 11.9 Å². The maximum absolute atomic E-state index is 12.2. The van der Waals surface area contributed by atoms with Crippen LogP contribution in [0.5, 0.6) is 0 Å². The molecule has 1 amide bonds. The van der Waals surface area contributed by atoms with Crippen LogP contribution < -0.4 is 10.6 Å². The van der Waals surface area contributed by atoms with Gasteiger partial charge in [-0.1, -0.05) is 6.07 Å². The summed E-state index contributed by atoms with van der Waals surface area (Å²) in [6, 6.07) is 4.77. The molecule has 0 aliphatic heterocycles. The van der Waals surface area contributed by atoms with Gasteiger partial charge in [0.1, 0.15) is 6.54 Å². The Morgan fingerprint density at radius 2 is 1.84 bits per heavy atom. The van der Waals surface area contributed by atoms with Crippen molar-refractivity contribution in [3.05, 3.63) is 29.3 Å². The molecule has 0 saturated heterocycles. The number of carbonyl (C=O) groups is 2. The second kappa shape index (κ2) is 7.76. The fourth-order valence-electron chi connectivity index (χ4n) is 2.91. The van der Waals surface area contributed by atoms with E-state index >= 15 is 0 Å². The number of anilines is 1. The van der Waals surface area contributed by atoms with E-state index in [2.05, 4.69) is 5.32 Å². The van der Waals surface area contributed by atoms with Crippen LogP contribution in [0.1, 0.15) is 41.6 Å². The fourth-order valence-corrected chi connectivity index (χ4v) is 2.91. The number of aliphatic carboxylic acids is 1. The third-order valence-corrected chi connectivity index (χ3v) is 4.39. The predicted octanol–water partition coefficient (Wildman–Crippen LogP) is 3.34. The van der Waals surface area contributed by atoms with E-state index in [1.54, 1.807) is 6.07 Å². The second-order valence-electron chi connectivity index (χ2n) is 6.36. The first-order valence-electron chi connectivity index (χ1n) is 8.10. The first-order valence-corrected chi connectivity index (χ1v) is 8.10. The number of hydrogen-bond acceptors (Lipinski definition) is 3. The lowest BCUT2D eigenvalue weighted by Gasteiger charge is -2.28. The highest BCUT2D eigenvalue weighted by Crippen LogP contribution is 2.28. The minimum Gasteiger partial charge on any atom is -0.481 e. The topological polar surface area (TPSA) is 78.4 Å². The van der Waals surface area contributed by atoms with E-state index in [0.29, 0.717) is 31.4 Å². The maximum atomic E-state index is 12.2. The average Bonchev–Trinajstić information content (AvgIpc) is 2.54. The number of nitrogens with one attached hydrogen (secondary N) is 2. The summed E-state index contributed by atoms with van der Waals surface area (Å²) in [6.45, 7) is 0.463. The highest BCUT2D eigenvalue weighted by atomic mass is 19.4. The molecule has 8 heteroatoms. The second-order valence-corrected chi connectivity index (χ2v) is 6.36. The lowest BCUT2D eigenvalue weighted by molar-refractivity contribution is -0.142. The lowest BCUT2D eigenvalue weighted by Crippen LogP contribution is -2.34. The normalized spacial score (nSPS) is 20.8. The van der Waals surface area contributed by atoms with Gasteiger partial charge >= 0.3 is 12.1 Å². The molecule has 1 saturated carbocycles. The summed E-state index contributed by atoms with van der Waals surface area (Å²) in [5.74, 6) is -1.88. The minimum atomic E-state index is -4.45. The van der Waals surface area contributed by atoms with Crippen molar-refractivity contribution in [3.8, 4) is 0 Å². The van der Waals surface area contributed by atoms with Gasteiger partial charge in [-0.25, -0.2) is 0 Å². The summed E-state index contributed by atoms with van der Waals surface area (Å²) in [6.07, 6.45) is -1.90. The summed E-state index contributed by atoms with van der Waals surface area (Å²) in [5, 5.41) is 14.2. The average molecular weight is 358 g/mol. The fraction of sp³-hybridized carbons (Fsp3) is 0.529. The van der Waals surface area contributed by atoms with Gasteiger partial charge in [-0.05, 0) is 50.3 Å². The van der Waals surface area contributed by atoms with Crippen molar-refractivity contribution in [2.24, 2.45) is 5.92 Å². The number of aryl methyl sites for hydroxylation is 1. The number of carboxylic acid groups (broad SMARTS) is 1. The Morgan fingerprint density at radius 1 is 1.20 bits per heavy atom. The zero-order valence-corrected chi connectivity index (χ0v) is 13.8. The van der Waals surface area contributed by atoms with Crippen molar-refractivity contribution >= 4 is 17.6 Å². The molecule has 0 spiro atoms. The number of carbonyl (C=O) groups excluding carboxylic acids is 1.